The molecular formula is C12H21NO4. The molecule has 0 radical (unpaired) electrons. The van der Waals surface area contributed by atoms with Gasteiger partial charge in [0.05, 0.1) is 12.7 Å². The lowest BCUT2D eigenvalue weighted by Crippen LogP contribution is -2.66. The molecule has 1 saturated carbocycles. The zero-order chi connectivity index (χ0) is 13.3. The SMILES string of the molecule is CCOC(=O)C1(NC(=O)C(C)(C)C)CC(O)C1. The molecule has 0 saturated heterocycles. The predicted octanol–water partition coefficient (Wildman–Crippen LogP) is 0.605. The number of aliphatic hydroxyl groups is 1. The number of rotatable bonds is 3. The fraction of sp³-hybridized carbons (Fsp3) is 0.833. The number of amides is 1. The van der Waals surface area contributed by atoms with Crippen molar-refractivity contribution < 1.29 is 19.4 Å². The first-order valence-electron chi connectivity index (χ1n) is 5.89. The standard InChI is InChI=1S/C12H21NO4/c1-5-17-10(16)12(6-8(14)7-12)13-9(15)11(2,3)4/h8,14H,5-7H2,1-4H3,(H,13,15). The molecule has 0 aromatic heterocycles. The molecular weight excluding hydrogens is 222 g/mol. The Balaban J connectivity index is 2.74. The van der Waals surface area contributed by atoms with Crippen LogP contribution in [0.3, 0.4) is 0 Å². The smallest absolute Gasteiger partial charge is 0.332 e. The van der Waals surface area contributed by atoms with Crippen LogP contribution in [0.25, 0.3) is 0 Å². The summed E-state index contributed by atoms with van der Waals surface area (Å²) in [5.41, 5.74) is -1.60. The molecule has 1 fully saturated rings. The van der Waals surface area contributed by atoms with E-state index in [0.29, 0.717) is 0 Å². The molecule has 0 bridgehead atoms. The molecule has 1 aliphatic rings. The third-order valence-electron chi connectivity index (χ3n) is 2.87. The molecule has 0 unspecified atom stereocenters. The predicted molar refractivity (Wildman–Crippen MR) is 62.2 cm³/mol. The Bertz CT molecular complexity index is 313. The summed E-state index contributed by atoms with van der Waals surface area (Å²) in [6.45, 7) is 7.30. The van der Waals surface area contributed by atoms with Crippen molar-refractivity contribution in [2.45, 2.75) is 52.2 Å². The van der Waals surface area contributed by atoms with Gasteiger partial charge in [0.25, 0.3) is 0 Å². The molecule has 98 valence electrons. The molecule has 0 aliphatic heterocycles. The van der Waals surface area contributed by atoms with Crippen LogP contribution in [0.4, 0.5) is 0 Å². The van der Waals surface area contributed by atoms with Crippen molar-refractivity contribution in [3.63, 3.8) is 0 Å². The second-order valence-corrected chi connectivity index (χ2v) is 5.57. The number of hydrogen-bond donors (Lipinski definition) is 2. The minimum atomic E-state index is -1.03. The van der Waals surface area contributed by atoms with Gasteiger partial charge in [0.15, 0.2) is 0 Å². The summed E-state index contributed by atoms with van der Waals surface area (Å²) < 4.78 is 4.95. The summed E-state index contributed by atoms with van der Waals surface area (Å²) in [5.74, 6) is -0.666. The van der Waals surface area contributed by atoms with Crippen LogP contribution in [0.15, 0.2) is 0 Å². The molecule has 17 heavy (non-hydrogen) atoms. The summed E-state index contributed by atoms with van der Waals surface area (Å²) in [7, 11) is 0. The first-order chi connectivity index (χ1) is 7.71. The van der Waals surface area contributed by atoms with Crippen LogP contribution in [0.5, 0.6) is 0 Å². The molecule has 0 aromatic rings. The molecule has 2 N–H and O–H groups in total. The average Bonchev–Trinajstić information content (AvgIpc) is 2.13. The minimum absolute atomic E-state index is 0.211. The highest BCUT2D eigenvalue weighted by molar-refractivity contribution is 5.91. The van der Waals surface area contributed by atoms with Crippen molar-refractivity contribution in [2.75, 3.05) is 6.61 Å². The highest BCUT2D eigenvalue weighted by Crippen LogP contribution is 2.34. The molecule has 0 aromatic carbocycles. The largest absolute Gasteiger partial charge is 0.464 e. The van der Waals surface area contributed by atoms with Crippen LogP contribution in [-0.4, -0.2) is 35.2 Å². The molecule has 0 spiro atoms. The van der Waals surface area contributed by atoms with E-state index in [1.54, 1.807) is 27.7 Å². The van der Waals surface area contributed by atoms with Gasteiger partial charge < -0.3 is 15.2 Å². The van der Waals surface area contributed by atoms with Crippen molar-refractivity contribution in [1.29, 1.82) is 0 Å². The molecule has 1 rings (SSSR count). The van der Waals surface area contributed by atoms with Gasteiger partial charge in [-0.15, -0.1) is 0 Å². The van der Waals surface area contributed by atoms with Crippen LogP contribution in [-0.2, 0) is 14.3 Å². The van der Waals surface area contributed by atoms with Crippen LogP contribution in [0, 0.1) is 5.41 Å². The number of aliphatic hydroxyl groups excluding tert-OH is 1. The normalized spacial score (nSPS) is 28.2. The maximum atomic E-state index is 11.9. The molecule has 5 nitrogen and oxygen atoms in total. The fourth-order valence-electron chi connectivity index (χ4n) is 1.74. The Labute approximate surface area is 102 Å². The van der Waals surface area contributed by atoms with Crippen molar-refractivity contribution in [2.24, 2.45) is 5.41 Å². The molecule has 0 atom stereocenters. The number of carbonyl (C=O) groups excluding carboxylic acids is 2. The van der Waals surface area contributed by atoms with E-state index >= 15 is 0 Å². The maximum Gasteiger partial charge on any atom is 0.332 e. The van der Waals surface area contributed by atoms with E-state index in [9.17, 15) is 14.7 Å². The summed E-state index contributed by atoms with van der Waals surface area (Å²) >= 11 is 0. The second-order valence-electron chi connectivity index (χ2n) is 5.57. The monoisotopic (exact) mass is 243 g/mol. The van der Waals surface area contributed by atoms with Crippen molar-refractivity contribution in [3.8, 4) is 0 Å². The van der Waals surface area contributed by atoms with Crippen molar-refractivity contribution >= 4 is 11.9 Å². The fourth-order valence-corrected chi connectivity index (χ4v) is 1.74. The first kappa shape index (κ1) is 14.0. The zero-order valence-corrected chi connectivity index (χ0v) is 10.9. The van der Waals surface area contributed by atoms with Gasteiger partial charge >= 0.3 is 5.97 Å². The van der Waals surface area contributed by atoms with Gasteiger partial charge in [-0.05, 0) is 6.92 Å². The first-order valence-corrected chi connectivity index (χ1v) is 5.89. The summed E-state index contributed by atoms with van der Waals surface area (Å²) in [5, 5.41) is 12.1. The summed E-state index contributed by atoms with van der Waals surface area (Å²) in [6.07, 6.45) is -0.0823. The van der Waals surface area contributed by atoms with E-state index in [0.717, 1.165) is 0 Å². The van der Waals surface area contributed by atoms with Gasteiger partial charge in [-0.1, -0.05) is 20.8 Å². The molecule has 1 aliphatic carbocycles. The number of esters is 1. The van der Waals surface area contributed by atoms with Gasteiger partial charge in [0.1, 0.15) is 5.54 Å². The molecule has 0 heterocycles. The number of hydrogen-bond acceptors (Lipinski definition) is 4. The Morgan fingerprint density at radius 3 is 2.29 bits per heavy atom. The highest BCUT2D eigenvalue weighted by Gasteiger charge is 2.52. The zero-order valence-electron chi connectivity index (χ0n) is 10.9. The van der Waals surface area contributed by atoms with Gasteiger partial charge in [0, 0.05) is 18.3 Å². The third kappa shape index (κ3) is 2.97. The summed E-state index contributed by atoms with van der Waals surface area (Å²) in [4.78, 5) is 23.7. The quantitative estimate of drug-likeness (QED) is 0.712. The number of nitrogens with one attached hydrogen (secondary N) is 1. The lowest BCUT2D eigenvalue weighted by atomic mass is 9.73. The van der Waals surface area contributed by atoms with Gasteiger partial charge in [-0.25, -0.2) is 4.79 Å². The lowest BCUT2D eigenvalue weighted by Gasteiger charge is -2.44. The summed E-state index contributed by atoms with van der Waals surface area (Å²) in [6, 6.07) is 0. The van der Waals surface area contributed by atoms with Crippen LogP contribution in [0.1, 0.15) is 40.5 Å². The van der Waals surface area contributed by atoms with Crippen LogP contribution < -0.4 is 5.32 Å². The van der Waals surface area contributed by atoms with E-state index in [-0.39, 0.29) is 25.4 Å². The number of carbonyl (C=O) groups is 2. The van der Waals surface area contributed by atoms with Gasteiger partial charge in [-0.3, -0.25) is 4.79 Å². The van der Waals surface area contributed by atoms with E-state index in [1.807, 2.05) is 0 Å². The van der Waals surface area contributed by atoms with E-state index in [4.69, 9.17) is 4.74 Å². The number of ether oxygens (including phenoxy) is 1. The van der Waals surface area contributed by atoms with E-state index in [1.165, 1.54) is 0 Å². The Morgan fingerprint density at radius 2 is 1.94 bits per heavy atom. The van der Waals surface area contributed by atoms with Gasteiger partial charge in [0.2, 0.25) is 5.91 Å². The van der Waals surface area contributed by atoms with Crippen molar-refractivity contribution in [3.05, 3.63) is 0 Å². The topological polar surface area (TPSA) is 75.6 Å². The molecule has 1 amide bonds. The van der Waals surface area contributed by atoms with Crippen molar-refractivity contribution in [1.82, 2.24) is 5.32 Å². The Kier molecular flexibility index (Phi) is 3.81. The lowest BCUT2D eigenvalue weighted by molar-refractivity contribution is -0.164. The Morgan fingerprint density at radius 1 is 1.41 bits per heavy atom. The van der Waals surface area contributed by atoms with Crippen LogP contribution in [0.2, 0.25) is 0 Å². The van der Waals surface area contributed by atoms with Crippen LogP contribution >= 0.6 is 0 Å². The van der Waals surface area contributed by atoms with E-state index < -0.39 is 23.0 Å². The second kappa shape index (κ2) is 4.64. The minimum Gasteiger partial charge on any atom is -0.464 e. The highest BCUT2D eigenvalue weighted by atomic mass is 16.5. The Hall–Kier alpha value is -1.10. The molecule has 5 heteroatoms. The maximum absolute atomic E-state index is 11.9. The van der Waals surface area contributed by atoms with E-state index in [2.05, 4.69) is 5.32 Å². The average molecular weight is 243 g/mol. The van der Waals surface area contributed by atoms with Gasteiger partial charge in [-0.2, -0.15) is 0 Å². The third-order valence-corrected chi connectivity index (χ3v) is 2.87.